The summed E-state index contributed by atoms with van der Waals surface area (Å²) in [5.74, 6) is 3.16. The Labute approximate surface area is 183 Å². The van der Waals surface area contributed by atoms with Crippen LogP contribution in [0.1, 0.15) is 44.9 Å². The van der Waals surface area contributed by atoms with Gasteiger partial charge in [-0.2, -0.15) is 21.6 Å². The Kier molecular flexibility index (Phi) is 7.83. The van der Waals surface area contributed by atoms with Crippen molar-refractivity contribution >= 4 is 31.2 Å². The van der Waals surface area contributed by atoms with Gasteiger partial charge in [0.2, 0.25) is 0 Å². The van der Waals surface area contributed by atoms with Crippen molar-refractivity contribution in [3.8, 4) is 5.75 Å². The number of alkyl halides is 3. The summed E-state index contributed by atoms with van der Waals surface area (Å²) in [6.07, 6.45) is 4.00. The fourth-order valence-corrected chi connectivity index (χ4v) is 8.06. The summed E-state index contributed by atoms with van der Waals surface area (Å²) in [6.45, 7) is 0. The topological polar surface area (TPSA) is 98.8 Å². The molecule has 0 bridgehead atoms. The van der Waals surface area contributed by atoms with Crippen LogP contribution < -0.4 is 8.86 Å². The molecule has 1 aliphatic heterocycles. The molecule has 2 fully saturated rings. The third-order valence-electron chi connectivity index (χ3n) is 5.14. The van der Waals surface area contributed by atoms with Gasteiger partial charge in [0.05, 0.1) is 12.2 Å². The van der Waals surface area contributed by atoms with E-state index in [1.54, 1.807) is 0 Å². The molecular weight excluding hydrogens is 479 g/mol. The average molecular weight is 505 g/mol. The van der Waals surface area contributed by atoms with E-state index in [-0.39, 0.29) is 18.9 Å². The van der Waals surface area contributed by atoms with Gasteiger partial charge in [0.25, 0.3) is 0 Å². The Bertz CT molecular complexity index is 937. The van der Waals surface area contributed by atoms with Gasteiger partial charge in [-0.15, -0.1) is 0 Å². The number of halogens is 3. The maximum atomic E-state index is 12.3. The van der Waals surface area contributed by atoms with E-state index in [0.717, 1.165) is 0 Å². The number of ether oxygens (including phenoxy) is 1. The van der Waals surface area contributed by atoms with Crippen molar-refractivity contribution in [2.24, 2.45) is 0 Å². The molecule has 1 saturated heterocycles. The Hall–Kier alpha value is -1.02. The largest absolute Gasteiger partial charge is 0.512 e. The van der Waals surface area contributed by atoms with E-state index < -0.39 is 31.9 Å². The second-order valence-corrected chi connectivity index (χ2v) is 13.0. The molecule has 0 atom stereocenters. The van der Waals surface area contributed by atoms with Crippen LogP contribution in [0.2, 0.25) is 0 Å². The van der Waals surface area contributed by atoms with Gasteiger partial charge in [-0.1, -0.05) is 4.13 Å². The lowest BCUT2D eigenvalue weighted by molar-refractivity contribution is -0.0442. The standard InChI is InChI=1S/C18H25F3NO6S3/c19-18(20,21)30(23,24)22-31(25,26)28-16-6-4-14(5-7-16)27-15-8-10-17(11-9-15)29-12-2-1-3-13-29/h8-11,14,16,22H,1-7,12-13H2/q+1. The number of benzene rings is 1. The summed E-state index contributed by atoms with van der Waals surface area (Å²) in [6, 6.07) is 8.02. The van der Waals surface area contributed by atoms with Crippen LogP contribution in [0, 0.1) is 0 Å². The van der Waals surface area contributed by atoms with E-state index in [0.29, 0.717) is 33.6 Å². The monoisotopic (exact) mass is 504 g/mol. The van der Waals surface area contributed by atoms with E-state index >= 15 is 0 Å². The predicted octanol–water partition coefficient (Wildman–Crippen LogP) is 3.24. The molecule has 13 heteroatoms. The first-order valence-electron chi connectivity index (χ1n) is 9.92. The van der Waals surface area contributed by atoms with Crippen molar-refractivity contribution in [1.29, 1.82) is 0 Å². The summed E-state index contributed by atoms with van der Waals surface area (Å²) in [5.41, 5.74) is -5.75. The lowest BCUT2D eigenvalue weighted by Crippen LogP contribution is -2.42. The van der Waals surface area contributed by atoms with E-state index in [1.165, 1.54) is 35.7 Å². The summed E-state index contributed by atoms with van der Waals surface area (Å²) in [4.78, 5) is 1.33. The lowest BCUT2D eigenvalue weighted by Gasteiger charge is -2.28. The number of nitrogens with one attached hydrogen (secondary N) is 1. The molecule has 1 heterocycles. The Balaban J connectivity index is 1.47. The molecule has 0 spiro atoms. The highest BCUT2D eigenvalue weighted by Crippen LogP contribution is 2.29. The van der Waals surface area contributed by atoms with E-state index in [9.17, 15) is 30.0 Å². The lowest BCUT2D eigenvalue weighted by atomic mass is 9.95. The van der Waals surface area contributed by atoms with Gasteiger partial charge in [0, 0.05) is 10.9 Å². The number of hydrogen-bond acceptors (Lipinski definition) is 6. The van der Waals surface area contributed by atoms with Crippen LogP contribution in [0.4, 0.5) is 13.2 Å². The molecule has 1 aromatic carbocycles. The normalized spacial score (nSPS) is 24.1. The second kappa shape index (κ2) is 9.86. The molecule has 3 rings (SSSR count). The van der Waals surface area contributed by atoms with Gasteiger partial charge < -0.3 is 4.74 Å². The number of rotatable bonds is 7. The quantitative estimate of drug-likeness (QED) is 0.573. The highest BCUT2D eigenvalue weighted by Gasteiger charge is 2.49. The fourth-order valence-electron chi connectivity index (χ4n) is 3.60. The Morgan fingerprint density at radius 3 is 1.97 bits per heavy atom. The van der Waals surface area contributed by atoms with Gasteiger partial charge in [0.15, 0.2) is 4.90 Å². The van der Waals surface area contributed by atoms with Crippen molar-refractivity contribution < 1.29 is 38.9 Å². The van der Waals surface area contributed by atoms with Crippen molar-refractivity contribution in [2.45, 2.75) is 67.6 Å². The van der Waals surface area contributed by atoms with Crippen LogP contribution in [0.15, 0.2) is 29.2 Å². The van der Waals surface area contributed by atoms with Crippen molar-refractivity contribution in [1.82, 2.24) is 4.13 Å². The Morgan fingerprint density at radius 2 is 1.42 bits per heavy atom. The first-order chi connectivity index (χ1) is 14.5. The van der Waals surface area contributed by atoms with Crippen LogP contribution in [-0.4, -0.2) is 46.1 Å². The maximum absolute atomic E-state index is 12.3. The van der Waals surface area contributed by atoms with Gasteiger partial charge >= 0.3 is 25.8 Å². The number of sulfonamides is 1. The van der Waals surface area contributed by atoms with Crippen molar-refractivity contribution in [3.63, 3.8) is 0 Å². The minimum absolute atomic E-state index is 0.183. The van der Waals surface area contributed by atoms with Crippen LogP contribution in [0.3, 0.4) is 0 Å². The van der Waals surface area contributed by atoms with Crippen LogP contribution >= 0.6 is 0 Å². The van der Waals surface area contributed by atoms with E-state index in [2.05, 4.69) is 16.3 Å². The summed E-state index contributed by atoms with van der Waals surface area (Å²) < 4.78 is 93.4. The number of hydrogen-bond donors (Lipinski definition) is 1. The molecular formula is C18H25F3NO6S3+. The zero-order valence-electron chi connectivity index (χ0n) is 16.6. The Morgan fingerprint density at radius 1 is 0.871 bits per heavy atom. The minimum atomic E-state index is -6.06. The zero-order valence-corrected chi connectivity index (χ0v) is 19.1. The molecule has 176 valence electrons. The van der Waals surface area contributed by atoms with Crippen LogP contribution in [-0.2, 0) is 35.4 Å². The highest BCUT2D eigenvalue weighted by atomic mass is 32.3. The molecule has 1 aromatic rings. The first kappa shape index (κ1) is 24.6. The van der Waals surface area contributed by atoms with Gasteiger partial charge in [0.1, 0.15) is 17.3 Å². The zero-order chi connectivity index (χ0) is 22.7. The minimum Gasteiger partial charge on any atom is -0.490 e. The summed E-state index contributed by atoms with van der Waals surface area (Å²) in [5, 5.41) is 0. The molecule has 0 aromatic heterocycles. The predicted molar refractivity (Wildman–Crippen MR) is 110 cm³/mol. The molecule has 1 saturated carbocycles. The van der Waals surface area contributed by atoms with Gasteiger partial charge in [-0.05, 0) is 69.2 Å². The molecule has 1 N–H and O–H groups in total. The molecule has 7 nitrogen and oxygen atoms in total. The molecule has 0 radical (unpaired) electrons. The van der Waals surface area contributed by atoms with Crippen molar-refractivity contribution in [2.75, 3.05) is 11.5 Å². The maximum Gasteiger partial charge on any atom is 0.512 e. The SMILES string of the molecule is O=S(=O)(NS(=O)(=O)C(F)(F)F)OC1CCC(Oc2ccc([S+]3CCCCC3)cc2)CC1. The second-order valence-electron chi connectivity index (χ2n) is 7.53. The molecule has 31 heavy (non-hydrogen) atoms. The summed E-state index contributed by atoms with van der Waals surface area (Å²) in [7, 11) is -10.9. The third kappa shape index (κ3) is 6.98. The van der Waals surface area contributed by atoms with Gasteiger partial charge in [-0.3, -0.25) is 4.18 Å². The highest BCUT2D eigenvalue weighted by molar-refractivity contribution is 8.03. The van der Waals surface area contributed by atoms with Crippen molar-refractivity contribution in [3.05, 3.63) is 24.3 Å². The smallest absolute Gasteiger partial charge is 0.490 e. The molecule has 0 unspecified atom stereocenters. The third-order valence-corrected chi connectivity index (χ3v) is 10.5. The molecule has 1 aliphatic carbocycles. The first-order valence-corrected chi connectivity index (χ1v) is 14.4. The molecule has 2 aliphatic rings. The molecule has 0 amide bonds. The van der Waals surface area contributed by atoms with Crippen LogP contribution in [0.25, 0.3) is 0 Å². The average Bonchev–Trinajstić information content (AvgIpc) is 2.69. The van der Waals surface area contributed by atoms with Gasteiger partial charge in [-0.25, -0.2) is 8.42 Å². The van der Waals surface area contributed by atoms with Crippen LogP contribution in [0.5, 0.6) is 5.75 Å². The van der Waals surface area contributed by atoms with E-state index in [4.69, 9.17) is 4.74 Å². The fraction of sp³-hybridized carbons (Fsp3) is 0.667. The summed E-state index contributed by atoms with van der Waals surface area (Å²) >= 11 is 0. The van der Waals surface area contributed by atoms with E-state index in [1.807, 2.05) is 12.1 Å².